The van der Waals surface area contributed by atoms with Crippen LogP contribution in [0.15, 0.2) is 41.3 Å². The Labute approximate surface area is 132 Å². The van der Waals surface area contributed by atoms with E-state index in [9.17, 15) is 8.42 Å². The Balaban J connectivity index is 1.93. The van der Waals surface area contributed by atoms with Crippen LogP contribution in [-0.4, -0.2) is 15.0 Å². The number of benzene rings is 2. The fraction of sp³-hybridized carbons (Fsp3) is 0.143. The van der Waals surface area contributed by atoms with E-state index < -0.39 is 10.0 Å². The number of anilines is 1. The van der Waals surface area contributed by atoms with Gasteiger partial charge in [0.05, 0.1) is 17.2 Å². The number of halogens is 2. The van der Waals surface area contributed by atoms with Gasteiger partial charge in [0, 0.05) is 16.5 Å². The van der Waals surface area contributed by atoms with Crippen molar-refractivity contribution in [2.24, 2.45) is 0 Å². The second-order valence-corrected chi connectivity index (χ2v) is 7.19. The lowest BCUT2D eigenvalue weighted by Gasteiger charge is -2.10. The average Bonchev–Trinajstić information content (AvgIpc) is 2.83. The van der Waals surface area contributed by atoms with Gasteiger partial charge in [-0.25, -0.2) is 8.42 Å². The molecule has 2 aromatic carbocycles. The van der Waals surface area contributed by atoms with Crippen LogP contribution in [0, 0.1) is 0 Å². The quantitative estimate of drug-likeness (QED) is 0.923. The minimum Gasteiger partial charge on any atom is -0.493 e. The molecule has 2 aromatic rings. The highest BCUT2D eigenvalue weighted by Gasteiger charge is 2.19. The number of rotatable bonds is 3. The maximum Gasteiger partial charge on any atom is 0.261 e. The largest absolute Gasteiger partial charge is 0.493 e. The zero-order valence-electron chi connectivity index (χ0n) is 10.8. The van der Waals surface area contributed by atoms with E-state index in [1.165, 1.54) is 24.3 Å². The molecule has 1 aliphatic heterocycles. The molecule has 0 spiro atoms. The Bertz CT molecular complexity index is 786. The van der Waals surface area contributed by atoms with E-state index >= 15 is 0 Å². The van der Waals surface area contributed by atoms with Crippen molar-refractivity contribution < 1.29 is 13.2 Å². The maximum atomic E-state index is 12.4. The molecule has 0 aromatic heterocycles. The third-order valence-corrected chi connectivity index (χ3v) is 4.90. The van der Waals surface area contributed by atoms with Gasteiger partial charge in [-0.15, -0.1) is 0 Å². The summed E-state index contributed by atoms with van der Waals surface area (Å²) in [7, 11) is -3.69. The van der Waals surface area contributed by atoms with Crippen LogP contribution in [-0.2, 0) is 16.4 Å². The molecule has 0 saturated carbocycles. The maximum absolute atomic E-state index is 12.4. The van der Waals surface area contributed by atoms with E-state index in [-0.39, 0.29) is 4.90 Å². The Morgan fingerprint density at radius 3 is 2.48 bits per heavy atom. The molecular weight excluding hydrogens is 333 g/mol. The molecule has 3 rings (SSSR count). The summed E-state index contributed by atoms with van der Waals surface area (Å²) in [4.78, 5) is 0.183. The van der Waals surface area contributed by atoms with Crippen LogP contribution in [0.4, 0.5) is 5.69 Å². The zero-order chi connectivity index (χ0) is 15.0. The van der Waals surface area contributed by atoms with Gasteiger partial charge >= 0.3 is 0 Å². The van der Waals surface area contributed by atoms with Crippen molar-refractivity contribution in [2.75, 3.05) is 11.3 Å². The first kappa shape index (κ1) is 14.5. The highest BCUT2D eigenvalue weighted by Crippen LogP contribution is 2.29. The average molecular weight is 344 g/mol. The third kappa shape index (κ3) is 3.10. The molecule has 0 amide bonds. The van der Waals surface area contributed by atoms with Crippen LogP contribution in [0.3, 0.4) is 0 Å². The monoisotopic (exact) mass is 343 g/mol. The lowest BCUT2D eigenvalue weighted by molar-refractivity contribution is 0.356. The number of nitrogens with one attached hydrogen (secondary N) is 1. The number of hydrogen-bond donors (Lipinski definition) is 1. The molecule has 0 unspecified atom stereocenters. The summed E-state index contributed by atoms with van der Waals surface area (Å²) in [6.07, 6.45) is 0.710. The van der Waals surface area contributed by atoms with E-state index in [4.69, 9.17) is 27.9 Å². The predicted octanol–water partition coefficient (Wildman–Crippen LogP) is 3.73. The highest BCUT2D eigenvalue weighted by molar-refractivity contribution is 7.92. The number of fused-ring (bicyclic) bond motifs is 1. The summed E-state index contributed by atoms with van der Waals surface area (Å²) in [5.41, 5.74) is 1.21. The molecule has 0 saturated heterocycles. The molecule has 0 bridgehead atoms. The summed E-state index contributed by atoms with van der Waals surface area (Å²) in [6, 6.07) is 9.34. The van der Waals surface area contributed by atoms with E-state index in [0.717, 1.165) is 11.3 Å². The standard InChI is InChI=1S/C14H11Cl2NO3S/c15-10-6-11(16)8-12(7-10)17-21(18,19)13-1-2-14-9(5-13)3-4-20-14/h1-2,5-8,17H,3-4H2. The second kappa shape index (κ2) is 5.40. The van der Waals surface area contributed by atoms with Gasteiger partial charge in [0.25, 0.3) is 10.0 Å². The van der Waals surface area contributed by atoms with E-state index in [1.54, 1.807) is 12.1 Å². The first-order valence-electron chi connectivity index (χ1n) is 6.19. The summed E-state index contributed by atoms with van der Waals surface area (Å²) < 4.78 is 32.6. The highest BCUT2D eigenvalue weighted by atomic mass is 35.5. The number of hydrogen-bond acceptors (Lipinski definition) is 3. The summed E-state index contributed by atoms with van der Waals surface area (Å²) in [5.74, 6) is 0.736. The first-order valence-corrected chi connectivity index (χ1v) is 8.43. The van der Waals surface area contributed by atoms with Crippen LogP contribution >= 0.6 is 23.2 Å². The Hall–Kier alpha value is -1.43. The van der Waals surface area contributed by atoms with Crippen molar-refractivity contribution in [1.82, 2.24) is 0 Å². The van der Waals surface area contributed by atoms with Crippen molar-refractivity contribution in [1.29, 1.82) is 0 Å². The summed E-state index contributed by atoms with van der Waals surface area (Å²) in [6.45, 7) is 0.580. The van der Waals surface area contributed by atoms with Crippen LogP contribution in [0.5, 0.6) is 5.75 Å². The Kier molecular flexibility index (Phi) is 3.73. The summed E-state index contributed by atoms with van der Waals surface area (Å²) >= 11 is 11.7. The van der Waals surface area contributed by atoms with Gasteiger partial charge < -0.3 is 4.74 Å². The fourth-order valence-electron chi connectivity index (χ4n) is 2.16. The van der Waals surface area contributed by atoms with E-state index in [1.807, 2.05) is 0 Å². The molecule has 4 nitrogen and oxygen atoms in total. The summed E-state index contributed by atoms with van der Waals surface area (Å²) in [5, 5.41) is 0.727. The van der Waals surface area contributed by atoms with Crippen molar-refractivity contribution in [3.8, 4) is 5.75 Å². The lowest BCUT2D eigenvalue weighted by atomic mass is 10.2. The van der Waals surface area contributed by atoms with Crippen molar-refractivity contribution >= 4 is 38.9 Å². The first-order chi connectivity index (χ1) is 9.94. The molecule has 1 aliphatic rings. The SMILES string of the molecule is O=S(=O)(Nc1cc(Cl)cc(Cl)c1)c1ccc2c(c1)CCO2. The molecule has 0 aliphatic carbocycles. The number of sulfonamides is 1. The van der Waals surface area contributed by atoms with E-state index in [2.05, 4.69) is 4.72 Å². The second-order valence-electron chi connectivity index (χ2n) is 4.63. The molecular formula is C14H11Cl2NO3S. The van der Waals surface area contributed by atoms with Crippen LogP contribution in [0.2, 0.25) is 10.0 Å². The van der Waals surface area contributed by atoms with Crippen LogP contribution in [0.1, 0.15) is 5.56 Å². The van der Waals surface area contributed by atoms with Gasteiger partial charge in [-0.05, 0) is 42.0 Å². The Morgan fingerprint density at radius 1 is 1.05 bits per heavy atom. The topological polar surface area (TPSA) is 55.4 Å². The Morgan fingerprint density at radius 2 is 1.76 bits per heavy atom. The van der Waals surface area contributed by atoms with Gasteiger partial charge in [0.2, 0.25) is 0 Å². The molecule has 0 atom stereocenters. The molecule has 110 valence electrons. The third-order valence-electron chi connectivity index (χ3n) is 3.09. The van der Waals surface area contributed by atoms with E-state index in [0.29, 0.717) is 28.8 Å². The van der Waals surface area contributed by atoms with Crippen molar-refractivity contribution in [3.63, 3.8) is 0 Å². The molecule has 0 radical (unpaired) electrons. The number of ether oxygens (including phenoxy) is 1. The molecule has 0 fully saturated rings. The van der Waals surface area contributed by atoms with Gasteiger partial charge in [0.1, 0.15) is 5.75 Å². The zero-order valence-corrected chi connectivity index (χ0v) is 13.1. The molecule has 1 heterocycles. The minimum absolute atomic E-state index is 0.183. The van der Waals surface area contributed by atoms with Crippen molar-refractivity contribution in [3.05, 3.63) is 52.0 Å². The van der Waals surface area contributed by atoms with Crippen LogP contribution in [0.25, 0.3) is 0 Å². The van der Waals surface area contributed by atoms with Crippen LogP contribution < -0.4 is 9.46 Å². The van der Waals surface area contributed by atoms with Gasteiger partial charge in [0.15, 0.2) is 0 Å². The van der Waals surface area contributed by atoms with Crippen molar-refractivity contribution in [2.45, 2.75) is 11.3 Å². The molecule has 1 N–H and O–H groups in total. The minimum atomic E-state index is -3.69. The van der Waals surface area contributed by atoms with Gasteiger partial charge in [-0.2, -0.15) is 0 Å². The molecule has 21 heavy (non-hydrogen) atoms. The predicted molar refractivity (Wildman–Crippen MR) is 82.9 cm³/mol. The molecule has 7 heteroatoms. The normalized spacial score (nSPS) is 13.6. The fourth-order valence-corrected chi connectivity index (χ4v) is 3.77. The lowest BCUT2D eigenvalue weighted by Crippen LogP contribution is -2.13. The smallest absolute Gasteiger partial charge is 0.261 e. The van der Waals surface area contributed by atoms with Gasteiger partial charge in [-0.3, -0.25) is 4.72 Å². The van der Waals surface area contributed by atoms with Gasteiger partial charge in [-0.1, -0.05) is 23.2 Å².